The van der Waals surface area contributed by atoms with Gasteiger partial charge in [0.05, 0.1) is 24.6 Å². The van der Waals surface area contributed by atoms with Crippen LogP contribution in [0.5, 0.6) is 0 Å². The number of ether oxygens (including phenoxy) is 1. The number of nitrogens with one attached hydrogen (secondary N) is 2. The van der Waals surface area contributed by atoms with E-state index in [4.69, 9.17) is 16.3 Å². The molecule has 0 aliphatic carbocycles. The molecule has 1 saturated heterocycles. The predicted molar refractivity (Wildman–Crippen MR) is 110 cm³/mol. The lowest BCUT2D eigenvalue weighted by Gasteiger charge is -2.30. The van der Waals surface area contributed by atoms with Gasteiger partial charge in [-0.15, -0.1) is 0 Å². The van der Waals surface area contributed by atoms with Gasteiger partial charge in [0.15, 0.2) is 0 Å². The Labute approximate surface area is 163 Å². The first kappa shape index (κ1) is 17.6. The van der Waals surface area contributed by atoms with E-state index in [-0.39, 0.29) is 0 Å². The first-order chi connectivity index (χ1) is 13.3. The topological polar surface area (TPSA) is 62.3 Å². The van der Waals surface area contributed by atoms with Crippen LogP contribution in [-0.4, -0.2) is 36.3 Å². The van der Waals surface area contributed by atoms with E-state index >= 15 is 0 Å². The summed E-state index contributed by atoms with van der Waals surface area (Å²) in [5.74, 6) is 1.24. The van der Waals surface area contributed by atoms with E-state index < -0.39 is 0 Å². The average molecular weight is 382 g/mol. The number of rotatable bonds is 5. The van der Waals surface area contributed by atoms with E-state index in [9.17, 15) is 0 Å². The van der Waals surface area contributed by atoms with Gasteiger partial charge in [-0.1, -0.05) is 23.7 Å². The first-order valence-electron chi connectivity index (χ1n) is 8.82. The molecule has 1 fully saturated rings. The van der Waals surface area contributed by atoms with Crippen molar-refractivity contribution in [1.29, 1.82) is 0 Å². The van der Waals surface area contributed by atoms with Crippen molar-refractivity contribution < 1.29 is 4.74 Å². The summed E-state index contributed by atoms with van der Waals surface area (Å²) in [5.41, 5.74) is 3.02. The number of anilines is 5. The molecule has 3 aromatic rings. The predicted octanol–water partition coefficient (Wildman–Crippen LogP) is 4.45. The highest BCUT2D eigenvalue weighted by atomic mass is 35.5. The Kier molecular flexibility index (Phi) is 5.37. The Balaban J connectivity index is 1.52. The average Bonchev–Trinajstić information content (AvgIpc) is 2.71. The summed E-state index contributed by atoms with van der Waals surface area (Å²) in [6.45, 7) is 3.23. The van der Waals surface area contributed by atoms with E-state index in [0.717, 1.165) is 43.4 Å². The summed E-state index contributed by atoms with van der Waals surface area (Å²) >= 11 is 5.93. The Bertz CT molecular complexity index is 897. The fraction of sp³-hybridized carbons (Fsp3) is 0.200. The third-order valence-corrected chi connectivity index (χ3v) is 4.53. The van der Waals surface area contributed by atoms with Crippen molar-refractivity contribution in [2.45, 2.75) is 0 Å². The lowest BCUT2D eigenvalue weighted by atomic mass is 10.2. The van der Waals surface area contributed by atoms with Crippen LogP contribution in [0.15, 0.2) is 60.8 Å². The number of hydrogen-bond donors (Lipinski definition) is 2. The van der Waals surface area contributed by atoms with E-state index in [0.29, 0.717) is 16.8 Å². The number of benzene rings is 2. The van der Waals surface area contributed by atoms with Crippen LogP contribution in [-0.2, 0) is 4.74 Å². The van der Waals surface area contributed by atoms with Crippen molar-refractivity contribution >= 4 is 40.4 Å². The molecular weight excluding hydrogens is 362 g/mol. The minimum Gasteiger partial charge on any atom is -0.378 e. The van der Waals surface area contributed by atoms with Crippen LogP contribution in [0.1, 0.15) is 0 Å². The summed E-state index contributed by atoms with van der Waals surface area (Å²) in [6, 6.07) is 17.5. The molecule has 4 rings (SSSR count). The molecule has 0 unspecified atom stereocenters. The fourth-order valence-corrected chi connectivity index (χ4v) is 3.08. The van der Waals surface area contributed by atoms with Gasteiger partial charge in [0.1, 0.15) is 5.82 Å². The third-order valence-electron chi connectivity index (χ3n) is 4.27. The molecule has 1 aliphatic heterocycles. The second-order valence-electron chi connectivity index (χ2n) is 6.14. The Morgan fingerprint density at radius 3 is 2.52 bits per heavy atom. The molecule has 0 radical (unpaired) electrons. The van der Waals surface area contributed by atoms with Gasteiger partial charge in [-0.05, 0) is 42.5 Å². The third kappa shape index (κ3) is 4.48. The number of halogens is 1. The van der Waals surface area contributed by atoms with Gasteiger partial charge in [-0.3, -0.25) is 0 Å². The summed E-state index contributed by atoms with van der Waals surface area (Å²) in [4.78, 5) is 11.2. The van der Waals surface area contributed by atoms with Crippen LogP contribution in [0.2, 0.25) is 5.02 Å². The highest BCUT2D eigenvalue weighted by Gasteiger charge is 2.15. The van der Waals surface area contributed by atoms with Crippen molar-refractivity contribution in [3.8, 4) is 0 Å². The van der Waals surface area contributed by atoms with Gasteiger partial charge in [0.2, 0.25) is 5.95 Å². The summed E-state index contributed by atoms with van der Waals surface area (Å²) in [6.07, 6.45) is 1.73. The molecule has 0 spiro atoms. The van der Waals surface area contributed by atoms with Gasteiger partial charge < -0.3 is 20.3 Å². The van der Waals surface area contributed by atoms with Gasteiger partial charge in [0, 0.05) is 30.0 Å². The van der Waals surface area contributed by atoms with E-state index in [1.165, 1.54) is 0 Å². The molecule has 2 N–H and O–H groups in total. The second-order valence-corrected chi connectivity index (χ2v) is 6.58. The van der Waals surface area contributed by atoms with Gasteiger partial charge in [-0.25, -0.2) is 4.98 Å². The number of hydrogen-bond acceptors (Lipinski definition) is 6. The summed E-state index contributed by atoms with van der Waals surface area (Å²) in [7, 11) is 0. The molecule has 0 saturated carbocycles. The van der Waals surface area contributed by atoms with Crippen molar-refractivity contribution in [3.05, 3.63) is 65.8 Å². The van der Waals surface area contributed by atoms with E-state index in [1.54, 1.807) is 6.20 Å². The molecule has 1 aliphatic rings. The Morgan fingerprint density at radius 1 is 0.926 bits per heavy atom. The van der Waals surface area contributed by atoms with Crippen molar-refractivity contribution in [2.75, 3.05) is 41.8 Å². The van der Waals surface area contributed by atoms with Crippen LogP contribution in [0.4, 0.5) is 28.8 Å². The molecule has 0 amide bonds. The first-order valence-corrected chi connectivity index (χ1v) is 9.20. The largest absolute Gasteiger partial charge is 0.378 e. The molecule has 2 heterocycles. The molecule has 27 heavy (non-hydrogen) atoms. The molecule has 6 nitrogen and oxygen atoms in total. The standard InChI is InChI=1S/C20H20ClN5O/c21-15-5-7-16(8-6-15)23-19-9-10-22-20(25-19)24-17-3-1-2-4-18(17)26-11-13-27-14-12-26/h1-10H,11-14H2,(H2,22,23,24,25). The molecule has 138 valence electrons. The zero-order valence-electron chi connectivity index (χ0n) is 14.7. The molecule has 0 bridgehead atoms. The maximum Gasteiger partial charge on any atom is 0.229 e. The SMILES string of the molecule is Clc1ccc(Nc2ccnc(Nc3ccccc3N3CCOCC3)n2)cc1. The van der Waals surface area contributed by atoms with Crippen LogP contribution in [0.25, 0.3) is 0 Å². The quantitative estimate of drug-likeness (QED) is 0.680. The highest BCUT2D eigenvalue weighted by Crippen LogP contribution is 2.28. The molecular formula is C20H20ClN5O. The van der Waals surface area contributed by atoms with Crippen LogP contribution < -0.4 is 15.5 Å². The Hall–Kier alpha value is -2.83. The fourth-order valence-electron chi connectivity index (χ4n) is 2.95. The van der Waals surface area contributed by atoms with Gasteiger partial charge >= 0.3 is 0 Å². The van der Waals surface area contributed by atoms with Crippen LogP contribution in [0, 0.1) is 0 Å². The number of aromatic nitrogens is 2. The lowest BCUT2D eigenvalue weighted by Crippen LogP contribution is -2.36. The molecule has 0 atom stereocenters. The molecule has 2 aromatic carbocycles. The second kappa shape index (κ2) is 8.24. The van der Waals surface area contributed by atoms with Crippen molar-refractivity contribution in [1.82, 2.24) is 9.97 Å². The van der Waals surface area contributed by atoms with E-state index in [1.807, 2.05) is 48.5 Å². The zero-order chi connectivity index (χ0) is 18.5. The minimum absolute atomic E-state index is 0.537. The smallest absolute Gasteiger partial charge is 0.229 e. The van der Waals surface area contributed by atoms with Crippen molar-refractivity contribution in [2.24, 2.45) is 0 Å². The molecule has 1 aromatic heterocycles. The van der Waals surface area contributed by atoms with Crippen LogP contribution >= 0.6 is 11.6 Å². The highest BCUT2D eigenvalue weighted by molar-refractivity contribution is 6.30. The normalized spacial score (nSPS) is 14.0. The minimum atomic E-state index is 0.537. The number of nitrogens with zero attached hydrogens (tertiary/aromatic N) is 3. The lowest BCUT2D eigenvalue weighted by molar-refractivity contribution is 0.123. The summed E-state index contributed by atoms with van der Waals surface area (Å²) < 4.78 is 5.46. The monoisotopic (exact) mass is 381 g/mol. The van der Waals surface area contributed by atoms with Gasteiger partial charge in [-0.2, -0.15) is 4.98 Å². The maximum atomic E-state index is 5.93. The Morgan fingerprint density at radius 2 is 1.70 bits per heavy atom. The van der Waals surface area contributed by atoms with Gasteiger partial charge in [0.25, 0.3) is 0 Å². The number of para-hydroxylation sites is 2. The van der Waals surface area contributed by atoms with E-state index in [2.05, 4.69) is 31.6 Å². The zero-order valence-corrected chi connectivity index (χ0v) is 15.5. The molecule has 7 heteroatoms. The number of morpholine rings is 1. The van der Waals surface area contributed by atoms with Crippen LogP contribution in [0.3, 0.4) is 0 Å². The van der Waals surface area contributed by atoms with Crippen molar-refractivity contribution in [3.63, 3.8) is 0 Å². The summed E-state index contributed by atoms with van der Waals surface area (Å²) in [5, 5.41) is 7.30. The maximum absolute atomic E-state index is 5.93.